The average molecular weight is 483 g/mol. The lowest BCUT2D eigenvalue weighted by Crippen LogP contribution is -2.63. The molecule has 0 aromatic carbocycles. The summed E-state index contributed by atoms with van der Waals surface area (Å²) >= 11 is 7.51. The van der Waals surface area contributed by atoms with Gasteiger partial charge < -0.3 is 21.1 Å². The number of carbonyl (C=O) groups excluding carboxylic acids is 3. The molecular weight excluding hydrogens is 454 g/mol. The van der Waals surface area contributed by atoms with Crippen LogP contribution < -0.4 is 15.6 Å². The van der Waals surface area contributed by atoms with Crippen LogP contribution in [0.4, 0.5) is 0 Å². The first-order valence-corrected chi connectivity index (χ1v) is 12.1. The SMILES string of the molecule is C[C@@H](O)[C@H]1C(=O)N2C(C(=O)Cl)=C(S[C@@H]3CN[C@H](CCn4cc[n+](CC(N)=O)c4)C3)[C@H](C)[C@H]12. The summed E-state index contributed by atoms with van der Waals surface area (Å²) in [5.74, 6) is -1.11. The molecule has 4 N–H and O–H groups in total. The van der Waals surface area contributed by atoms with Crippen molar-refractivity contribution in [1.82, 2.24) is 14.8 Å². The van der Waals surface area contributed by atoms with Crippen LogP contribution in [0.1, 0.15) is 26.7 Å². The van der Waals surface area contributed by atoms with E-state index in [9.17, 15) is 19.5 Å². The van der Waals surface area contributed by atoms with Crippen LogP contribution in [-0.4, -0.2) is 61.6 Å². The summed E-state index contributed by atoms with van der Waals surface area (Å²) in [6.07, 6.45) is 6.73. The van der Waals surface area contributed by atoms with Crippen molar-refractivity contribution in [2.45, 2.75) is 63.2 Å². The van der Waals surface area contributed by atoms with Crippen LogP contribution in [-0.2, 0) is 27.5 Å². The summed E-state index contributed by atoms with van der Waals surface area (Å²) in [6.45, 7) is 5.40. The number of aromatic nitrogens is 2. The molecule has 32 heavy (non-hydrogen) atoms. The second kappa shape index (κ2) is 9.17. The molecule has 0 unspecified atom stereocenters. The van der Waals surface area contributed by atoms with E-state index in [1.165, 1.54) is 4.90 Å². The predicted molar refractivity (Wildman–Crippen MR) is 119 cm³/mol. The number of aryl methyl sites for hydroxylation is 1. The van der Waals surface area contributed by atoms with Crippen molar-refractivity contribution in [3.8, 4) is 0 Å². The zero-order valence-corrected chi connectivity index (χ0v) is 19.7. The summed E-state index contributed by atoms with van der Waals surface area (Å²) in [7, 11) is 0. The van der Waals surface area contributed by atoms with Crippen molar-refractivity contribution >= 4 is 40.4 Å². The lowest BCUT2D eigenvalue weighted by Gasteiger charge is -2.46. The number of primary amides is 1. The van der Waals surface area contributed by atoms with Crippen molar-refractivity contribution in [2.75, 3.05) is 6.54 Å². The van der Waals surface area contributed by atoms with E-state index in [2.05, 4.69) is 5.32 Å². The Labute approximate surface area is 195 Å². The molecule has 11 heteroatoms. The number of allylic oxidation sites excluding steroid dienone is 1. The fraction of sp³-hybridized carbons (Fsp3) is 0.619. The Morgan fingerprint density at radius 1 is 1.47 bits per heavy atom. The minimum atomic E-state index is -0.755. The molecule has 9 nitrogen and oxygen atoms in total. The molecule has 1 aromatic rings. The van der Waals surface area contributed by atoms with Crippen LogP contribution in [0.15, 0.2) is 29.3 Å². The Morgan fingerprint density at radius 3 is 2.88 bits per heavy atom. The van der Waals surface area contributed by atoms with Gasteiger partial charge in [0.25, 0.3) is 11.1 Å². The van der Waals surface area contributed by atoms with Crippen molar-refractivity contribution in [1.29, 1.82) is 0 Å². The third kappa shape index (κ3) is 4.33. The molecule has 6 atom stereocenters. The highest BCUT2D eigenvalue weighted by atomic mass is 35.5. The zero-order chi connectivity index (χ0) is 23.2. The number of carbonyl (C=O) groups is 3. The summed E-state index contributed by atoms with van der Waals surface area (Å²) in [5, 5.41) is 13.2. The maximum atomic E-state index is 12.5. The monoisotopic (exact) mass is 482 g/mol. The quantitative estimate of drug-likeness (QED) is 0.258. The maximum absolute atomic E-state index is 12.5. The number of imidazole rings is 1. The first-order valence-electron chi connectivity index (χ1n) is 10.9. The average Bonchev–Trinajstić information content (AvgIpc) is 3.39. The minimum absolute atomic E-state index is 0.0328. The standard InChI is InChI=1S/C21H28ClN5O4S/c1-11-17-16(12(2)28)21(31)27(17)18(20(22)30)19(11)32-14-7-13(24-8-14)3-4-25-5-6-26(10-25)9-15(23)29/h5-6,10-14,16-17,24,28H,3-4,7-9H2,1-2H3,(H-,23,29)/p+1/t11-,12-,13-,14+,16-,17-/m1/s1. The second-order valence-corrected chi connectivity index (χ2v) is 10.6. The van der Waals surface area contributed by atoms with Gasteiger partial charge in [0.1, 0.15) is 18.1 Å². The third-order valence-electron chi connectivity index (χ3n) is 6.59. The zero-order valence-electron chi connectivity index (χ0n) is 18.1. The number of fused-ring (bicyclic) bond motifs is 1. The number of halogens is 1. The van der Waals surface area contributed by atoms with Crippen LogP contribution in [0, 0.1) is 11.8 Å². The van der Waals surface area contributed by atoms with Gasteiger partial charge in [0.15, 0.2) is 6.54 Å². The van der Waals surface area contributed by atoms with Crippen LogP contribution in [0.25, 0.3) is 0 Å². The molecule has 4 rings (SSSR count). The number of aliphatic hydroxyl groups excluding tert-OH is 1. The van der Waals surface area contributed by atoms with Crippen molar-refractivity contribution in [3.63, 3.8) is 0 Å². The van der Waals surface area contributed by atoms with Crippen LogP contribution in [0.5, 0.6) is 0 Å². The van der Waals surface area contributed by atoms with Gasteiger partial charge in [-0.15, -0.1) is 11.8 Å². The van der Waals surface area contributed by atoms with E-state index in [0.29, 0.717) is 11.7 Å². The molecular formula is C21H29ClN5O4S+. The van der Waals surface area contributed by atoms with Gasteiger partial charge in [0.05, 0.1) is 24.6 Å². The van der Waals surface area contributed by atoms with Gasteiger partial charge in [-0.2, -0.15) is 0 Å². The van der Waals surface area contributed by atoms with Gasteiger partial charge in [-0.05, 0) is 24.9 Å². The third-order valence-corrected chi connectivity index (χ3v) is 8.28. The summed E-state index contributed by atoms with van der Waals surface area (Å²) in [5.41, 5.74) is 5.53. The number of hydrogen-bond donors (Lipinski definition) is 3. The lowest BCUT2D eigenvalue weighted by molar-refractivity contribution is -0.683. The molecule has 4 heterocycles. The largest absolute Gasteiger partial charge is 0.393 e. The molecule has 0 saturated carbocycles. The van der Waals surface area contributed by atoms with Crippen LogP contribution in [0.3, 0.4) is 0 Å². The second-order valence-electron chi connectivity index (χ2n) is 8.90. The van der Waals surface area contributed by atoms with Gasteiger partial charge in [-0.25, -0.2) is 9.13 Å². The molecule has 0 spiro atoms. The highest BCUT2D eigenvalue weighted by molar-refractivity contribution is 8.03. The summed E-state index contributed by atoms with van der Waals surface area (Å²) < 4.78 is 3.79. The van der Waals surface area contributed by atoms with Gasteiger partial charge in [-0.1, -0.05) is 6.92 Å². The molecule has 1 aromatic heterocycles. The molecule has 174 valence electrons. The Morgan fingerprint density at radius 2 is 2.22 bits per heavy atom. The van der Waals surface area contributed by atoms with E-state index in [0.717, 1.165) is 30.8 Å². The number of β-lactam (4-membered cyclic amide) rings is 1. The first kappa shape index (κ1) is 23.3. The minimum Gasteiger partial charge on any atom is -0.393 e. The highest BCUT2D eigenvalue weighted by Gasteiger charge is 2.59. The molecule has 2 amide bonds. The fourth-order valence-electron chi connectivity index (χ4n) is 5.08. The topological polar surface area (TPSA) is 122 Å². The number of hydrogen-bond acceptors (Lipinski definition) is 6. The summed E-state index contributed by atoms with van der Waals surface area (Å²) in [6, 6.07) is 0.129. The van der Waals surface area contributed by atoms with Crippen molar-refractivity contribution < 1.29 is 24.1 Å². The van der Waals surface area contributed by atoms with Crippen LogP contribution in [0.2, 0.25) is 0 Å². The molecule has 3 aliphatic rings. The highest BCUT2D eigenvalue weighted by Crippen LogP contribution is 2.52. The van der Waals surface area contributed by atoms with Gasteiger partial charge >= 0.3 is 0 Å². The normalized spacial score (nSPS) is 30.4. The fourth-order valence-corrected chi connectivity index (χ4v) is 6.86. The van der Waals surface area contributed by atoms with E-state index in [-0.39, 0.29) is 35.6 Å². The molecule has 0 radical (unpaired) electrons. The van der Waals surface area contributed by atoms with E-state index in [1.807, 2.05) is 30.2 Å². The number of amides is 2. The van der Waals surface area contributed by atoms with Gasteiger partial charge in [-0.3, -0.25) is 14.4 Å². The van der Waals surface area contributed by atoms with Gasteiger partial charge in [0, 0.05) is 35.1 Å². The number of nitrogens with one attached hydrogen (secondary N) is 1. The summed E-state index contributed by atoms with van der Waals surface area (Å²) in [4.78, 5) is 38.1. The maximum Gasteiger partial charge on any atom is 0.269 e. The Kier molecular flexibility index (Phi) is 6.67. The van der Waals surface area contributed by atoms with E-state index >= 15 is 0 Å². The van der Waals surface area contributed by atoms with E-state index < -0.39 is 17.3 Å². The molecule has 3 aliphatic heterocycles. The molecule has 2 fully saturated rings. The Hall–Kier alpha value is -1.88. The number of thioether (sulfide) groups is 1. The first-order chi connectivity index (χ1) is 15.2. The lowest BCUT2D eigenvalue weighted by atomic mass is 9.79. The number of nitrogens with two attached hydrogens (primary N) is 1. The Bertz CT molecular complexity index is 964. The van der Waals surface area contributed by atoms with Crippen molar-refractivity contribution in [2.24, 2.45) is 17.6 Å². The van der Waals surface area contributed by atoms with E-state index in [4.69, 9.17) is 17.3 Å². The predicted octanol–water partition coefficient (Wildman–Crippen LogP) is -0.0508. The van der Waals surface area contributed by atoms with E-state index in [1.54, 1.807) is 23.3 Å². The van der Waals surface area contributed by atoms with Gasteiger partial charge in [0.2, 0.25) is 12.2 Å². The number of aliphatic hydroxyl groups is 1. The smallest absolute Gasteiger partial charge is 0.269 e. The molecule has 0 bridgehead atoms. The molecule has 2 saturated heterocycles. The van der Waals surface area contributed by atoms with Crippen LogP contribution >= 0.6 is 23.4 Å². The number of nitrogens with zero attached hydrogens (tertiary/aromatic N) is 3. The number of rotatable bonds is 9. The van der Waals surface area contributed by atoms with Crippen molar-refractivity contribution in [3.05, 3.63) is 29.3 Å². The Balaban J connectivity index is 1.36. The molecule has 0 aliphatic carbocycles.